The van der Waals surface area contributed by atoms with Gasteiger partial charge in [0, 0.05) is 38.8 Å². The first-order valence-corrected chi connectivity index (χ1v) is 9.34. The molecule has 138 valence electrons. The fourth-order valence-corrected chi connectivity index (χ4v) is 3.72. The van der Waals surface area contributed by atoms with Crippen LogP contribution in [0.4, 0.5) is 11.8 Å². The van der Waals surface area contributed by atoms with E-state index < -0.39 is 0 Å². The summed E-state index contributed by atoms with van der Waals surface area (Å²) >= 11 is 1.45. The maximum absolute atomic E-state index is 6.12. The molecule has 4 aromatic heterocycles. The molecule has 10 nitrogen and oxygen atoms in total. The van der Waals surface area contributed by atoms with Crippen molar-refractivity contribution in [1.82, 2.24) is 34.1 Å². The first-order valence-electron chi connectivity index (χ1n) is 8.57. The van der Waals surface area contributed by atoms with Crippen LogP contribution in [0.5, 0.6) is 0 Å². The highest BCUT2D eigenvalue weighted by Crippen LogP contribution is 2.22. The Morgan fingerprint density at radius 3 is 2.81 bits per heavy atom. The van der Waals surface area contributed by atoms with Gasteiger partial charge in [0.15, 0.2) is 11.4 Å². The summed E-state index contributed by atoms with van der Waals surface area (Å²) in [5.74, 6) is 2.22. The molecule has 0 spiro atoms. The average molecular weight is 383 g/mol. The number of hydrogen-bond acceptors (Lipinski definition) is 10. The zero-order valence-corrected chi connectivity index (χ0v) is 15.2. The zero-order valence-electron chi connectivity index (χ0n) is 14.4. The van der Waals surface area contributed by atoms with Crippen LogP contribution in [0.15, 0.2) is 35.1 Å². The van der Waals surface area contributed by atoms with Crippen LogP contribution in [0.25, 0.3) is 17.2 Å². The first-order chi connectivity index (χ1) is 13.3. The van der Waals surface area contributed by atoms with Crippen LogP contribution in [-0.4, -0.2) is 60.2 Å². The van der Waals surface area contributed by atoms with Crippen molar-refractivity contribution < 1.29 is 4.42 Å². The van der Waals surface area contributed by atoms with E-state index in [0.717, 1.165) is 38.5 Å². The van der Waals surface area contributed by atoms with E-state index in [9.17, 15) is 0 Å². The second-order valence-corrected chi connectivity index (χ2v) is 7.17. The lowest BCUT2D eigenvalue weighted by molar-refractivity contribution is 0.251. The van der Waals surface area contributed by atoms with Crippen LogP contribution in [-0.2, 0) is 6.54 Å². The van der Waals surface area contributed by atoms with Crippen LogP contribution in [0.3, 0.4) is 0 Å². The lowest BCUT2D eigenvalue weighted by Crippen LogP contribution is -2.46. The topological polar surface area (TPSA) is 114 Å². The van der Waals surface area contributed by atoms with Gasteiger partial charge >= 0.3 is 0 Å². The van der Waals surface area contributed by atoms with Crippen molar-refractivity contribution in [2.45, 2.75) is 6.54 Å². The molecule has 0 saturated carbocycles. The molecule has 0 aliphatic carbocycles. The molecule has 0 amide bonds. The van der Waals surface area contributed by atoms with E-state index in [-0.39, 0.29) is 0 Å². The Morgan fingerprint density at radius 2 is 2.07 bits per heavy atom. The van der Waals surface area contributed by atoms with E-state index in [4.69, 9.17) is 10.2 Å². The molecule has 27 heavy (non-hydrogen) atoms. The molecule has 2 N–H and O–H groups in total. The number of rotatable bonds is 4. The normalized spacial score (nSPS) is 15.6. The molecule has 4 aromatic rings. The van der Waals surface area contributed by atoms with Crippen molar-refractivity contribution in [3.63, 3.8) is 0 Å². The largest absolute Gasteiger partial charge is 0.461 e. The number of nitrogens with two attached hydrogens (primary N) is 1. The number of aromatic nitrogens is 6. The summed E-state index contributed by atoms with van der Waals surface area (Å²) < 4.78 is 10.8. The summed E-state index contributed by atoms with van der Waals surface area (Å²) in [6.45, 7) is 4.50. The minimum atomic E-state index is 0.311. The summed E-state index contributed by atoms with van der Waals surface area (Å²) in [7, 11) is 0. The van der Waals surface area contributed by atoms with Gasteiger partial charge in [-0.2, -0.15) is 9.50 Å². The molecule has 1 fully saturated rings. The van der Waals surface area contributed by atoms with E-state index in [1.807, 2.05) is 18.3 Å². The van der Waals surface area contributed by atoms with Crippen molar-refractivity contribution in [2.75, 3.05) is 36.8 Å². The Hall–Kier alpha value is -3.05. The quantitative estimate of drug-likeness (QED) is 0.554. The van der Waals surface area contributed by atoms with Gasteiger partial charge in [-0.05, 0) is 23.7 Å². The van der Waals surface area contributed by atoms with Crippen molar-refractivity contribution in [2.24, 2.45) is 0 Å². The number of nitrogen functional groups attached to an aromatic ring is 1. The van der Waals surface area contributed by atoms with Crippen molar-refractivity contribution in [3.05, 3.63) is 35.5 Å². The van der Waals surface area contributed by atoms with Gasteiger partial charge in [-0.3, -0.25) is 4.90 Å². The smallest absolute Gasteiger partial charge is 0.225 e. The second-order valence-electron chi connectivity index (χ2n) is 6.30. The average Bonchev–Trinajstić information content (AvgIpc) is 3.43. The van der Waals surface area contributed by atoms with Crippen LogP contribution in [0.2, 0.25) is 0 Å². The maximum Gasteiger partial charge on any atom is 0.225 e. The van der Waals surface area contributed by atoms with Gasteiger partial charge in [0.05, 0.1) is 17.3 Å². The molecule has 11 heteroatoms. The van der Waals surface area contributed by atoms with Gasteiger partial charge in [-0.1, -0.05) is 4.49 Å². The fraction of sp³-hybridized carbons (Fsp3) is 0.312. The van der Waals surface area contributed by atoms with E-state index in [0.29, 0.717) is 23.2 Å². The SMILES string of the molecule is Nc1nc(N2CCN(Cc3cnns3)CC2)cc2nc(-c3ccco3)nn12. The van der Waals surface area contributed by atoms with Gasteiger partial charge in [-0.25, -0.2) is 4.98 Å². The summed E-state index contributed by atoms with van der Waals surface area (Å²) in [6.07, 6.45) is 3.42. The molecule has 5 rings (SSSR count). The van der Waals surface area contributed by atoms with Crippen LogP contribution >= 0.6 is 11.5 Å². The highest BCUT2D eigenvalue weighted by molar-refractivity contribution is 7.05. The summed E-state index contributed by atoms with van der Waals surface area (Å²) in [4.78, 5) is 14.8. The van der Waals surface area contributed by atoms with Gasteiger partial charge in [0.1, 0.15) is 5.82 Å². The van der Waals surface area contributed by atoms with Gasteiger partial charge < -0.3 is 15.1 Å². The third kappa shape index (κ3) is 3.11. The lowest BCUT2D eigenvalue weighted by Gasteiger charge is -2.35. The molecule has 0 unspecified atom stereocenters. The Morgan fingerprint density at radius 1 is 1.19 bits per heavy atom. The number of nitrogens with zero attached hydrogens (tertiary/aromatic N) is 8. The van der Waals surface area contributed by atoms with Crippen LogP contribution < -0.4 is 10.6 Å². The highest BCUT2D eigenvalue weighted by atomic mass is 32.1. The number of piperazine rings is 1. The third-order valence-corrected chi connectivity index (χ3v) is 5.21. The predicted octanol–water partition coefficient (Wildman–Crippen LogP) is 1.14. The molecule has 0 radical (unpaired) electrons. The van der Waals surface area contributed by atoms with E-state index in [1.54, 1.807) is 12.3 Å². The van der Waals surface area contributed by atoms with E-state index in [2.05, 4.69) is 34.5 Å². The van der Waals surface area contributed by atoms with Gasteiger partial charge in [-0.15, -0.1) is 10.2 Å². The molecular formula is C16H17N9OS. The lowest BCUT2D eigenvalue weighted by atomic mass is 10.3. The second kappa shape index (κ2) is 6.59. The number of anilines is 2. The van der Waals surface area contributed by atoms with Crippen molar-refractivity contribution in [1.29, 1.82) is 0 Å². The van der Waals surface area contributed by atoms with Gasteiger partial charge in [0.25, 0.3) is 0 Å². The number of fused-ring (bicyclic) bond motifs is 1. The zero-order chi connectivity index (χ0) is 18.2. The third-order valence-electron chi connectivity index (χ3n) is 4.56. The fourth-order valence-electron chi connectivity index (χ4n) is 3.18. The molecule has 0 bridgehead atoms. The van der Waals surface area contributed by atoms with Crippen molar-refractivity contribution >= 4 is 28.9 Å². The minimum Gasteiger partial charge on any atom is -0.461 e. The van der Waals surface area contributed by atoms with Crippen molar-refractivity contribution in [3.8, 4) is 11.6 Å². The van der Waals surface area contributed by atoms with E-state index >= 15 is 0 Å². The van der Waals surface area contributed by atoms with Gasteiger partial charge in [0.2, 0.25) is 11.8 Å². The number of hydrogen-bond donors (Lipinski definition) is 1. The minimum absolute atomic E-state index is 0.311. The first kappa shape index (κ1) is 16.1. The molecule has 1 aliphatic rings. The molecule has 1 saturated heterocycles. The highest BCUT2D eigenvalue weighted by Gasteiger charge is 2.21. The number of furan rings is 1. The maximum atomic E-state index is 6.12. The Kier molecular flexibility index (Phi) is 3.94. The Labute approximate surface area is 158 Å². The summed E-state index contributed by atoms with van der Waals surface area (Å²) in [5.41, 5.74) is 6.77. The molecule has 0 aromatic carbocycles. The molecular weight excluding hydrogens is 366 g/mol. The summed E-state index contributed by atoms with van der Waals surface area (Å²) in [5, 5.41) is 8.28. The Bertz CT molecular complexity index is 1040. The standard InChI is InChI=1S/C16H17N9OS/c17-16-20-13(8-14-19-15(21-25(14)16)12-2-1-7-26-12)24-5-3-23(4-6-24)10-11-9-18-22-27-11/h1-2,7-9H,3-6,10H2,(H2,17,20). The van der Waals surface area contributed by atoms with E-state index in [1.165, 1.54) is 20.9 Å². The summed E-state index contributed by atoms with van der Waals surface area (Å²) in [6, 6.07) is 5.53. The molecule has 0 atom stereocenters. The molecule has 5 heterocycles. The van der Waals surface area contributed by atoms with Crippen LogP contribution in [0, 0.1) is 0 Å². The monoisotopic (exact) mass is 383 g/mol. The van der Waals surface area contributed by atoms with Crippen LogP contribution in [0.1, 0.15) is 4.88 Å². The molecule has 1 aliphatic heterocycles. The predicted molar refractivity (Wildman–Crippen MR) is 100 cm³/mol. The Balaban J connectivity index is 1.34.